The lowest BCUT2D eigenvalue weighted by atomic mass is 10.0. The van der Waals surface area contributed by atoms with Crippen LogP contribution < -0.4 is 10.6 Å². The summed E-state index contributed by atoms with van der Waals surface area (Å²) in [4.78, 5) is 16.8. The van der Waals surface area contributed by atoms with Gasteiger partial charge in [-0.05, 0) is 65.9 Å². The van der Waals surface area contributed by atoms with Crippen LogP contribution in [0.5, 0.6) is 0 Å². The lowest BCUT2D eigenvalue weighted by molar-refractivity contribution is -0.136. The van der Waals surface area contributed by atoms with Crippen molar-refractivity contribution in [2.75, 3.05) is 6.54 Å². The predicted molar refractivity (Wildman–Crippen MR) is 116 cm³/mol. The van der Waals surface area contributed by atoms with Crippen molar-refractivity contribution in [3.8, 4) is 0 Å². The summed E-state index contributed by atoms with van der Waals surface area (Å²) in [5.41, 5.74) is 3.23. The van der Waals surface area contributed by atoms with Gasteiger partial charge in [-0.3, -0.25) is 9.79 Å². The molecule has 2 heterocycles. The summed E-state index contributed by atoms with van der Waals surface area (Å²) < 4.78 is 1.12. The Labute approximate surface area is 173 Å². The number of carbonyl (C=O) groups is 1. The molecule has 0 spiro atoms. The minimum absolute atomic E-state index is 0.0363. The fraction of sp³-hybridized carbons (Fsp3) is 0.400. The largest absolute Gasteiger partial charge is 0.481 e. The third kappa shape index (κ3) is 5.81. The van der Waals surface area contributed by atoms with Crippen LogP contribution in [0, 0.1) is 6.92 Å². The summed E-state index contributed by atoms with van der Waals surface area (Å²) in [6.45, 7) is 8.77. The van der Waals surface area contributed by atoms with Gasteiger partial charge in [-0.2, -0.15) is 0 Å². The summed E-state index contributed by atoms with van der Waals surface area (Å²) in [6.07, 6.45) is 6.57. The van der Waals surface area contributed by atoms with Gasteiger partial charge in [0.05, 0.1) is 21.1 Å². The van der Waals surface area contributed by atoms with E-state index in [1.165, 1.54) is 11.1 Å². The maximum Gasteiger partial charge on any atom is 0.307 e. The molecule has 146 valence electrons. The van der Waals surface area contributed by atoms with Crippen LogP contribution in [-0.2, 0) is 4.79 Å². The quantitative estimate of drug-likeness (QED) is 0.498. The Kier molecular flexibility index (Phi) is 7.86. The van der Waals surface area contributed by atoms with Gasteiger partial charge in [0.25, 0.3) is 0 Å². The standard InChI is InChI=1S/C20H26BrN3O2S/c1-5-14(11-17(25)26)8-7-9-22-19-15(6-2)13(4)23-20(24-19)16-10-12(3)18(21)27-16/h5,7-8,10,13,22H,6,9,11H2,1-4H3,(H,23,24)(H,25,26)/b8-7-,14-5+. The molecule has 2 rings (SSSR count). The van der Waals surface area contributed by atoms with Gasteiger partial charge < -0.3 is 15.7 Å². The second-order valence-corrected chi connectivity index (χ2v) is 8.69. The van der Waals surface area contributed by atoms with E-state index in [4.69, 9.17) is 10.1 Å². The number of aliphatic imine (C=N–C) groups is 1. The zero-order chi connectivity index (χ0) is 20.0. The van der Waals surface area contributed by atoms with Gasteiger partial charge in [0.2, 0.25) is 0 Å². The first kappa shape index (κ1) is 21.4. The number of allylic oxidation sites excluding steroid dienone is 2. The normalized spacial score (nSPS) is 17.9. The van der Waals surface area contributed by atoms with E-state index in [2.05, 4.69) is 53.4 Å². The first-order valence-electron chi connectivity index (χ1n) is 8.97. The fourth-order valence-corrected chi connectivity index (χ4v) is 4.33. The van der Waals surface area contributed by atoms with Gasteiger partial charge in [0, 0.05) is 6.54 Å². The van der Waals surface area contributed by atoms with Crippen molar-refractivity contribution in [2.45, 2.75) is 46.6 Å². The number of hydrogen-bond donors (Lipinski definition) is 3. The van der Waals surface area contributed by atoms with Crippen LogP contribution in [0.25, 0.3) is 0 Å². The molecule has 0 saturated carbocycles. The summed E-state index contributed by atoms with van der Waals surface area (Å²) in [5, 5.41) is 15.8. The maximum absolute atomic E-state index is 10.8. The number of carboxylic acids is 1. The first-order chi connectivity index (χ1) is 12.8. The molecular weight excluding hydrogens is 426 g/mol. The monoisotopic (exact) mass is 451 g/mol. The molecule has 0 aromatic carbocycles. The van der Waals surface area contributed by atoms with Gasteiger partial charge >= 0.3 is 5.97 Å². The number of aliphatic carboxylic acids is 1. The number of thiophene rings is 1. The summed E-state index contributed by atoms with van der Waals surface area (Å²) in [6, 6.07) is 2.24. The van der Waals surface area contributed by atoms with E-state index < -0.39 is 5.97 Å². The highest BCUT2D eigenvalue weighted by Crippen LogP contribution is 2.29. The maximum atomic E-state index is 10.8. The van der Waals surface area contributed by atoms with E-state index in [1.54, 1.807) is 11.3 Å². The zero-order valence-electron chi connectivity index (χ0n) is 16.1. The molecule has 1 aliphatic rings. The van der Waals surface area contributed by atoms with Crippen molar-refractivity contribution in [2.24, 2.45) is 4.99 Å². The van der Waals surface area contributed by atoms with E-state index in [1.807, 2.05) is 25.2 Å². The van der Waals surface area contributed by atoms with Gasteiger partial charge in [0.15, 0.2) is 0 Å². The third-order valence-corrected chi connectivity index (χ3v) is 6.46. The second kappa shape index (κ2) is 9.90. The Balaban J connectivity index is 2.08. The minimum atomic E-state index is -0.822. The number of nitrogens with one attached hydrogen (secondary N) is 2. The molecule has 0 aliphatic carbocycles. The number of nitrogens with zero attached hydrogens (tertiary/aromatic N) is 1. The molecule has 1 aliphatic heterocycles. The van der Waals surface area contributed by atoms with E-state index in [9.17, 15) is 4.79 Å². The Morgan fingerprint density at radius 1 is 1.52 bits per heavy atom. The fourth-order valence-electron chi connectivity index (χ4n) is 2.85. The van der Waals surface area contributed by atoms with Crippen LogP contribution in [-0.4, -0.2) is 29.5 Å². The molecule has 5 nitrogen and oxygen atoms in total. The average Bonchev–Trinajstić information content (AvgIpc) is 2.95. The Morgan fingerprint density at radius 2 is 2.26 bits per heavy atom. The van der Waals surface area contributed by atoms with Crippen LogP contribution in [0.2, 0.25) is 0 Å². The van der Waals surface area contributed by atoms with Crippen molar-refractivity contribution < 1.29 is 9.90 Å². The highest BCUT2D eigenvalue weighted by molar-refractivity contribution is 9.11. The molecule has 1 aromatic rings. The second-order valence-electron chi connectivity index (χ2n) is 6.32. The van der Waals surface area contributed by atoms with Crippen LogP contribution in [0.15, 0.2) is 50.0 Å². The molecule has 0 fully saturated rings. The molecule has 0 radical (unpaired) electrons. The number of halogens is 1. The van der Waals surface area contributed by atoms with Crippen LogP contribution >= 0.6 is 27.3 Å². The highest BCUT2D eigenvalue weighted by Gasteiger charge is 2.21. The third-order valence-electron chi connectivity index (χ3n) is 4.32. The first-order valence-corrected chi connectivity index (χ1v) is 10.6. The van der Waals surface area contributed by atoms with E-state index in [-0.39, 0.29) is 12.5 Å². The molecule has 27 heavy (non-hydrogen) atoms. The van der Waals surface area contributed by atoms with Crippen LogP contribution in [0.1, 0.15) is 44.1 Å². The summed E-state index contributed by atoms with van der Waals surface area (Å²) >= 11 is 5.25. The number of aryl methyl sites for hydroxylation is 1. The summed E-state index contributed by atoms with van der Waals surface area (Å²) in [7, 11) is 0. The number of rotatable bonds is 8. The molecule has 1 aromatic heterocycles. The molecule has 1 atom stereocenters. The van der Waals surface area contributed by atoms with Crippen LogP contribution in [0.4, 0.5) is 0 Å². The number of carboxylic acid groups (broad SMARTS) is 1. The Morgan fingerprint density at radius 3 is 2.81 bits per heavy atom. The number of hydrogen-bond acceptors (Lipinski definition) is 5. The van der Waals surface area contributed by atoms with Crippen molar-refractivity contribution in [1.29, 1.82) is 0 Å². The molecule has 0 saturated heterocycles. The lowest BCUT2D eigenvalue weighted by Gasteiger charge is -2.26. The predicted octanol–water partition coefficient (Wildman–Crippen LogP) is 4.75. The lowest BCUT2D eigenvalue weighted by Crippen LogP contribution is -2.38. The average molecular weight is 452 g/mol. The Hall–Kier alpha value is -1.86. The molecule has 0 bridgehead atoms. The van der Waals surface area contributed by atoms with E-state index in [0.29, 0.717) is 6.54 Å². The van der Waals surface area contributed by atoms with Crippen molar-refractivity contribution in [3.63, 3.8) is 0 Å². The minimum Gasteiger partial charge on any atom is -0.481 e. The van der Waals surface area contributed by atoms with E-state index >= 15 is 0 Å². The molecule has 3 N–H and O–H groups in total. The molecule has 1 unspecified atom stereocenters. The molecular formula is C20H26BrN3O2S. The van der Waals surface area contributed by atoms with Gasteiger partial charge in [0.1, 0.15) is 11.7 Å². The summed E-state index contributed by atoms with van der Waals surface area (Å²) in [5.74, 6) is 1.05. The van der Waals surface area contributed by atoms with E-state index in [0.717, 1.165) is 32.3 Å². The smallest absolute Gasteiger partial charge is 0.307 e. The zero-order valence-corrected chi connectivity index (χ0v) is 18.5. The topological polar surface area (TPSA) is 73.7 Å². The van der Waals surface area contributed by atoms with Crippen molar-refractivity contribution in [3.05, 3.63) is 55.5 Å². The SMILES string of the molecule is C/C=C(\C=C/CNC1=C(CC)C(C)N=C(c2cc(C)c(Br)s2)N1)CC(=O)O. The van der Waals surface area contributed by atoms with Crippen molar-refractivity contribution in [1.82, 2.24) is 10.6 Å². The molecule has 7 heteroatoms. The molecule has 0 amide bonds. The highest BCUT2D eigenvalue weighted by atomic mass is 79.9. The van der Waals surface area contributed by atoms with Crippen LogP contribution in [0.3, 0.4) is 0 Å². The van der Waals surface area contributed by atoms with Crippen molar-refractivity contribution >= 4 is 39.1 Å². The van der Waals surface area contributed by atoms with Gasteiger partial charge in [-0.15, -0.1) is 11.3 Å². The number of amidine groups is 1. The Bertz CT molecular complexity index is 802. The van der Waals surface area contributed by atoms with Gasteiger partial charge in [-0.25, -0.2) is 0 Å². The van der Waals surface area contributed by atoms with Gasteiger partial charge in [-0.1, -0.05) is 25.2 Å².